The van der Waals surface area contributed by atoms with Gasteiger partial charge < -0.3 is 13.7 Å². The van der Waals surface area contributed by atoms with E-state index in [1.807, 2.05) is 43.5 Å². The summed E-state index contributed by atoms with van der Waals surface area (Å²) in [6, 6.07) is 10.6. The zero-order valence-corrected chi connectivity index (χ0v) is 16.5. The number of carbonyl (C=O) groups excluding carboxylic acids is 1. The van der Waals surface area contributed by atoms with Crippen LogP contribution in [0.15, 0.2) is 58.1 Å². The number of hydrogen-bond donors (Lipinski definition) is 0. The molecule has 29 heavy (non-hydrogen) atoms. The average molecular weight is 391 g/mol. The van der Waals surface area contributed by atoms with Crippen LogP contribution in [0.1, 0.15) is 38.8 Å². The molecule has 4 rings (SSSR count). The second-order valence-corrected chi connectivity index (χ2v) is 7.00. The molecule has 148 valence electrons. The number of aryl methyl sites for hydroxylation is 2. The van der Waals surface area contributed by atoms with E-state index in [1.165, 1.54) is 10.5 Å². The van der Waals surface area contributed by atoms with Gasteiger partial charge in [-0.15, -0.1) is 0 Å². The van der Waals surface area contributed by atoms with E-state index in [-0.39, 0.29) is 12.2 Å². The van der Waals surface area contributed by atoms with Crippen molar-refractivity contribution in [3.63, 3.8) is 0 Å². The maximum absolute atomic E-state index is 12.7. The maximum Gasteiger partial charge on any atom is 0.340 e. The Labute approximate surface area is 167 Å². The first kappa shape index (κ1) is 18.7. The predicted octanol–water partition coefficient (Wildman–Crippen LogP) is 3.42. The van der Waals surface area contributed by atoms with Gasteiger partial charge in [-0.2, -0.15) is 0 Å². The van der Waals surface area contributed by atoms with Gasteiger partial charge in [0.25, 0.3) is 5.56 Å². The molecule has 4 aromatic heterocycles. The highest BCUT2D eigenvalue weighted by molar-refractivity contribution is 5.91. The highest BCUT2D eigenvalue weighted by atomic mass is 16.5. The lowest BCUT2D eigenvalue weighted by molar-refractivity contribution is 0.0466. The Balaban J connectivity index is 1.54. The highest BCUT2D eigenvalue weighted by Crippen LogP contribution is 2.19. The number of rotatable bonds is 5. The second-order valence-electron chi connectivity index (χ2n) is 7.00. The smallest absolute Gasteiger partial charge is 0.340 e. The van der Waals surface area contributed by atoms with Crippen LogP contribution >= 0.6 is 0 Å². The van der Waals surface area contributed by atoms with Gasteiger partial charge in [0.05, 0.1) is 24.1 Å². The molecule has 4 aromatic rings. The van der Waals surface area contributed by atoms with Gasteiger partial charge in [0.1, 0.15) is 18.0 Å². The summed E-state index contributed by atoms with van der Waals surface area (Å²) >= 11 is 0. The Morgan fingerprint density at radius 1 is 1.17 bits per heavy atom. The minimum atomic E-state index is -0.449. The van der Waals surface area contributed by atoms with E-state index in [4.69, 9.17) is 9.15 Å². The third kappa shape index (κ3) is 3.59. The Morgan fingerprint density at radius 2 is 2.00 bits per heavy atom. The van der Waals surface area contributed by atoms with Gasteiger partial charge in [-0.3, -0.25) is 9.20 Å². The van der Waals surface area contributed by atoms with Gasteiger partial charge in [0.15, 0.2) is 0 Å². The number of hydrogen-bond acceptors (Lipinski definition) is 5. The summed E-state index contributed by atoms with van der Waals surface area (Å²) < 4.78 is 14.3. The van der Waals surface area contributed by atoms with E-state index in [1.54, 1.807) is 24.6 Å². The third-order valence-electron chi connectivity index (χ3n) is 4.98. The molecule has 0 fully saturated rings. The molecular weight excluding hydrogens is 370 g/mol. The molecule has 0 N–H and O–H groups in total. The van der Waals surface area contributed by atoms with Gasteiger partial charge in [-0.25, -0.2) is 9.78 Å². The first-order chi connectivity index (χ1) is 13.9. The fourth-order valence-electron chi connectivity index (χ4n) is 3.41. The van der Waals surface area contributed by atoms with Crippen molar-refractivity contribution < 1.29 is 13.9 Å². The van der Waals surface area contributed by atoms with Gasteiger partial charge in [-0.05, 0) is 50.6 Å². The number of nitrogens with zero attached hydrogens (tertiary/aromatic N) is 3. The van der Waals surface area contributed by atoms with Crippen LogP contribution in [0.3, 0.4) is 0 Å². The molecular formula is C22H21N3O4. The molecule has 0 aromatic carbocycles. The monoisotopic (exact) mass is 391 g/mol. The van der Waals surface area contributed by atoms with Crippen molar-refractivity contribution in [2.45, 2.75) is 33.9 Å². The fourth-order valence-corrected chi connectivity index (χ4v) is 3.41. The third-order valence-corrected chi connectivity index (χ3v) is 4.98. The first-order valence-corrected chi connectivity index (χ1v) is 9.28. The number of ether oxygens (including phenoxy) is 1. The highest BCUT2D eigenvalue weighted by Gasteiger charge is 2.18. The zero-order chi connectivity index (χ0) is 20.5. The number of esters is 1. The van der Waals surface area contributed by atoms with Crippen LogP contribution in [0, 0.1) is 20.8 Å². The molecule has 0 aliphatic carbocycles. The molecule has 0 spiro atoms. The molecule has 7 heteroatoms. The van der Waals surface area contributed by atoms with Crippen LogP contribution in [-0.4, -0.2) is 19.9 Å². The quantitative estimate of drug-likeness (QED) is 0.487. The topological polar surface area (TPSA) is 78.7 Å². The second kappa shape index (κ2) is 7.43. The van der Waals surface area contributed by atoms with E-state index in [0.29, 0.717) is 23.4 Å². The van der Waals surface area contributed by atoms with Crippen molar-refractivity contribution in [1.29, 1.82) is 0 Å². The molecule has 0 unspecified atom stereocenters. The molecule has 0 saturated heterocycles. The standard InChI is InChI=1S/C22H21N3O4/c1-14-6-4-8-24-20(26)11-17(23-21(14)24)13-29-22(27)19-10-15(2)25(16(19)3)12-18-7-5-9-28-18/h4-11H,12-13H2,1-3H3. The molecule has 0 amide bonds. The largest absolute Gasteiger partial charge is 0.467 e. The summed E-state index contributed by atoms with van der Waals surface area (Å²) in [7, 11) is 0. The molecule has 7 nitrogen and oxygen atoms in total. The summed E-state index contributed by atoms with van der Waals surface area (Å²) in [4.78, 5) is 29.4. The summed E-state index contributed by atoms with van der Waals surface area (Å²) in [5.41, 5.74) is 3.86. The molecule has 0 radical (unpaired) electrons. The summed E-state index contributed by atoms with van der Waals surface area (Å²) in [6.07, 6.45) is 3.29. The van der Waals surface area contributed by atoms with Crippen LogP contribution in [0.2, 0.25) is 0 Å². The Hall–Kier alpha value is -3.61. The SMILES string of the molecule is Cc1cccn2c(=O)cc(COC(=O)c3cc(C)n(Cc4ccco4)c3C)nc12. The normalized spacial score (nSPS) is 11.1. The molecule has 0 bridgehead atoms. The van der Waals surface area contributed by atoms with Crippen LogP contribution in [0.25, 0.3) is 5.65 Å². The summed E-state index contributed by atoms with van der Waals surface area (Å²) in [5, 5.41) is 0. The number of fused-ring (bicyclic) bond motifs is 1. The number of aromatic nitrogens is 3. The van der Waals surface area contributed by atoms with E-state index in [9.17, 15) is 9.59 Å². The molecule has 4 heterocycles. The van der Waals surface area contributed by atoms with Gasteiger partial charge in [-0.1, -0.05) is 6.07 Å². The minimum Gasteiger partial charge on any atom is -0.467 e. The summed E-state index contributed by atoms with van der Waals surface area (Å²) in [6.45, 7) is 6.16. The predicted molar refractivity (Wildman–Crippen MR) is 107 cm³/mol. The lowest BCUT2D eigenvalue weighted by Crippen LogP contribution is -2.17. The van der Waals surface area contributed by atoms with Crippen molar-refractivity contribution in [3.05, 3.63) is 93.2 Å². The minimum absolute atomic E-state index is 0.0687. The van der Waals surface area contributed by atoms with E-state index < -0.39 is 5.97 Å². The molecule has 0 atom stereocenters. The van der Waals surface area contributed by atoms with Gasteiger partial charge in [0.2, 0.25) is 0 Å². The maximum atomic E-state index is 12.7. The number of pyridine rings is 1. The molecule has 0 aliphatic heterocycles. The Bertz CT molecular complexity index is 1250. The molecule has 0 aliphatic rings. The van der Waals surface area contributed by atoms with Crippen LogP contribution in [0.5, 0.6) is 0 Å². The van der Waals surface area contributed by atoms with Crippen LogP contribution in [-0.2, 0) is 17.9 Å². The van der Waals surface area contributed by atoms with Gasteiger partial charge >= 0.3 is 5.97 Å². The van der Waals surface area contributed by atoms with E-state index >= 15 is 0 Å². The Morgan fingerprint density at radius 3 is 2.76 bits per heavy atom. The van der Waals surface area contributed by atoms with E-state index in [0.717, 1.165) is 22.7 Å². The number of furan rings is 1. The van der Waals surface area contributed by atoms with Crippen LogP contribution in [0.4, 0.5) is 0 Å². The lowest BCUT2D eigenvalue weighted by atomic mass is 10.2. The van der Waals surface area contributed by atoms with Gasteiger partial charge in [0, 0.05) is 23.7 Å². The Kier molecular flexibility index (Phi) is 4.80. The van der Waals surface area contributed by atoms with Crippen molar-refractivity contribution in [2.24, 2.45) is 0 Å². The van der Waals surface area contributed by atoms with Crippen LogP contribution < -0.4 is 5.56 Å². The summed E-state index contributed by atoms with van der Waals surface area (Å²) in [5.74, 6) is 0.360. The van der Waals surface area contributed by atoms with E-state index in [2.05, 4.69) is 4.98 Å². The van der Waals surface area contributed by atoms with Crippen molar-refractivity contribution in [3.8, 4) is 0 Å². The van der Waals surface area contributed by atoms with Crippen molar-refractivity contribution in [2.75, 3.05) is 0 Å². The zero-order valence-electron chi connectivity index (χ0n) is 16.5. The van der Waals surface area contributed by atoms with Crippen molar-refractivity contribution in [1.82, 2.24) is 14.0 Å². The lowest BCUT2D eigenvalue weighted by Gasteiger charge is -2.09. The fraction of sp³-hybridized carbons (Fsp3) is 0.227. The molecule has 0 saturated carbocycles. The first-order valence-electron chi connectivity index (χ1n) is 9.28. The average Bonchev–Trinajstić information content (AvgIpc) is 3.31. The number of carbonyl (C=O) groups is 1. The van der Waals surface area contributed by atoms with Crippen molar-refractivity contribution >= 4 is 11.6 Å².